The standard InChI is InChI=1S/2C22H19ClF3N7O.C8H9ClO.C8H9N3O.N3.Na/c1-11-5-18(27)30-12(2)16(11)9-29-21(34)19-20(22(24,25)26)31-32-33(19)10-13-3-4-17-14(6-13)7-15(23)8-28-17;1-11-5-18(27)30-12(2)16(11)9-29-21(34)19-20(22(24,25)26)32-33(31-19)10-13-3-4-17-14(6-13)7-15(23)8-28-17;1-10-8-4-2-7(6-9)3-5-8;1-12-8-4-2-7(3-5-8)6-10-11-9;1-3-2;/h2*3-8H,9-10H2,1-2H3,(H2,27,30)(H,29,34);2-5H,6H2,1H3;2-5H,6H2,1H3;;/q;;;;-1;+1. The number of pyridine rings is 4. The van der Waals surface area contributed by atoms with Crippen molar-refractivity contribution < 1.29 is 75.0 Å². The van der Waals surface area contributed by atoms with Crippen LogP contribution in [0.25, 0.3) is 48.2 Å². The average molecular weight is 1360 g/mol. The average Bonchev–Trinajstić information content (AvgIpc) is 1.62. The Labute approximate surface area is 569 Å². The molecule has 0 unspecified atom stereocenters. The molecule has 0 saturated carbocycles. The van der Waals surface area contributed by atoms with Crippen molar-refractivity contribution in [3.63, 3.8) is 0 Å². The van der Waals surface area contributed by atoms with Gasteiger partial charge in [0, 0.05) is 58.4 Å². The third kappa shape index (κ3) is 21.5. The molecule has 10 aromatic rings. The molecule has 0 aliphatic rings. The summed E-state index contributed by atoms with van der Waals surface area (Å²) in [6.45, 7) is 7.08. The van der Waals surface area contributed by atoms with Gasteiger partial charge in [-0.1, -0.05) is 69.9 Å². The zero-order valence-corrected chi connectivity index (χ0v) is 55.4. The summed E-state index contributed by atoms with van der Waals surface area (Å²) in [5, 5.41) is 25.0. The molecule has 6 aromatic heterocycles. The van der Waals surface area contributed by atoms with Crippen molar-refractivity contribution in [2.75, 3.05) is 25.7 Å². The van der Waals surface area contributed by atoms with Crippen LogP contribution in [0.3, 0.4) is 0 Å². The van der Waals surface area contributed by atoms with Crippen LogP contribution in [0.5, 0.6) is 11.5 Å². The molecule has 6 N–H and O–H groups in total. The first-order valence-electron chi connectivity index (χ1n) is 27.1. The van der Waals surface area contributed by atoms with Gasteiger partial charge in [0.2, 0.25) is 0 Å². The molecule has 0 aliphatic heterocycles. The second-order valence-corrected chi connectivity index (χ2v) is 20.9. The first-order chi connectivity index (χ1) is 44.2. The number of amides is 2. The number of aryl methyl sites for hydroxylation is 4. The number of fused-ring (bicyclic) bond motifs is 2. The molecule has 0 spiro atoms. The summed E-state index contributed by atoms with van der Waals surface area (Å²) >= 11 is 17.5. The zero-order valence-electron chi connectivity index (χ0n) is 51.1. The maximum atomic E-state index is 13.6. The first kappa shape index (κ1) is 75.2. The third-order valence-corrected chi connectivity index (χ3v) is 13.9. The number of alkyl halides is 7. The number of azide groups is 1. The number of anilines is 2. The van der Waals surface area contributed by atoms with Crippen LogP contribution in [0.15, 0.2) is 127 Å². The quantitative estimate of drug-likeness (QED) is 0.0185. The van der Waals surface area contributed by atoms with E-state index in [2.05, 4.69) is 61.1 Å². The second kappa shape index (κ2) is 35.0. The minimum Gasteiger partial charge on any atom is -0.497 e. The number of methoxy groups -OCH3 is 2. The predicted molar refractivity (Wildman–Crippen MR) is 339 cm³/mol. The van der Waals surface area contributed by atoms with Crippen molar-refractivity contribution in [3.05, 3.63) is 237 Å². The summed E-state index contributed by atoms with van der Waals surface area (Å²) < 4.78 is 92.5. The SMILES string of the molecule is COc1ccc(CCl)cc1.COc1ccc(CN=[N+]=[N-])cc1.Cc1cc(N)nc(C)c1CNC(=O)c1c(C(F)(F)F)nnn1Cc1ccc2ncc(Cl)cc2c1.Cc1cc(N)nc(C)c1CNC(=O)c1nn(Cc2ccc3ncc(Cl)cc3c2)nc1C(F)(F)F.[N-]=[N+]=[N-].[Na+]. The summed E-state index contributed by atoms with van der Waals surface area (Å²) in [5.41, 5.74) is 37.4. The van der Waals surface area contributed by atoms with Crippen molar-refractivity contribution in [2.24, 2.45) is 5.11 Å². The zero-order chi connectivity index (χ0) is 68.2. The number of carbonyl (C=O) groups excluding carboxylic acids is 2. The molecule has 24 nitrogen and oxygen atoms in total. The summed E-state index contributed by atoms with van der Waals surface area (Å²) in [4.78, 5) is 47.2. The van der Waals surface area contributed by atoms with Gasteiger partial charge < -0.3 is 42.6 Å². The van der Waals surface area contributed by atoms with E-state index >= 15 is 0 Å². The van der Waals surface area contributed by atoms with E-state index in [-0.39, 0.29) is 55.7 Å². The molecule has 6 heterocycles. The number of carbonyl (C=O) groups is 2. The van der Waals surface area contributed by atoms with E-state index in [9.17, 15) is 35.9 Å². The fourth-order valence-electron chi connectivity index (χ4n) is 8.82. The van der Waals surface area contributed by atoms with Crippen LogP contribution in [0, 0.1) is 27.7 Å². The van der Waals surface area contributed by atoms with E-state index in [1.54, 1.807) is 103 Å². The number of nitrogens with zero attached hydrogens (tertiary/aromatic N) is 16. The Hall–Kier alpha value is -9.51. The number of nitrogens with one attached hydrogen (secondary N) is 2. The molecule has 94 heavy (non-hydrogen) atoms. The van der Waals surface area contributed by atoms with Gasteiger partial charge in [0.1, 0.15) is 23.1 Å². The maximum absolute atomic E-state index is 13.6. The summed E-state index contributed by atoms with van der Waals surface area (Å²) in [7, 11) is 3.26. The molecule has 0 fully saturated rings. The smallest absolute Gasteiger partial charge is 0.497 e. The molecule has 0 bridgehead atoms. The Bertz CT molecular complexity index is 4260. The minimum atomic E-state index is -4.86. The van der Waals surface area contributed by atoms with E-state index in [1.165, 1.54) is 17.3 Å². The first-order valence-corrected chi connectivity index (χ1v) is 28.4. The number of ether oxygens (including phenoxy) is 2. The number of halogens is 9. The van der Waals surface area contributed by atoms with E-state index < -0.39 is 46.9 Å². The Kier molecular flexibility index (Phi) is 28.0. The van der Waals surface area contributed by atoms with Crippen LogP contribution in [0.4, 0.5) is 38.0 Å². The van der Waals surface area contributed by atoms with Crippen molar-refractivity contribution in [1.82, 2.24) is 60.6 Å². The van der Waals surface area contributed by atoms with E-state index in [0.717, 1.165) is 43.2 Å². The Balaban J connectivity index is 0.000000248. The van der Waals surface area contributed by atoms with Gasteiger partial charge in [-0.05, 0) is 151 Å². The van der Waals surface area contributed by atoms with Crippen LogP contribution in [0.2, 0.25) is 10.0 Å². The van der Waals surface area contributed by atoms with E-state index in [4.69, 9.17) is 72.3 Å². The van der Waals surface area contributed by atoms with Gasteiger partial charge in [0.15, 0.2) is 22.8 Å². The van der Waals surface area contributed by atoms with Crippen LogP contribution in [-0.4, -0.2) is 76.0 Å². The molecule has 0 aliphatic carbocycles. The van der Waals surface area contributed by atoms with Gasteiger partial charge >= 0.3 is 41.9 Å². The van der Waals surface area contributed by atoms with Gasteiger partial charge in [-0.15, -0.1) is 26.9 Å². The Morgan fingerprint density at radius 2 is 1.07 bits per heavy atom. The number of hydrogen-bond acceptors (Lipinski definition) is 15. The largest absolute Gasteiger partial charge is 1.00 e. The van der Waals surface area contributed by atoms with Crippen molar-refractivity contribution in [3.8, 4) is 11.5 Å². The third-order valence-electron chi connectivity index (χ3n) is 13.2. The van der Waals surface area contributed by atoms with Crippen LogP contribution in [-0.2, 0) is 51.0 Å². The molecular weight excluding hydrogens is 1310 g/mol. The molecule has 0 saturated heterocycles. The summed E-state index contributed by atoms with van der Waals surface area (Å²) in [5.74, 6) is 0.915. The minimum absolute atomic E-state index is 0. The van der Waals surface area contributed by atoms with Crippen molar-refractivity contribution in [1.29, 1.82) is 0 Å². The second-order valence-electron chi connectivity index (χ2n) is 19.8. The van der Waals surface area contributed by atoms with Crippen LogP contribution < -0.4 is 61.1 Å². The summed E-state index contributed by atoms with van der Waals surface area (Å²) in [6.07, 6.45) is -6.72. The number of nitrogens with two attached hydrogens (primary N) is 2. The van der Waals surface area contributed by atoms with E-state index in [0.29, 0.717) is 89.6 Å². The molecule has 2 amide bonds. The fourth-order valence-corrected chi connectivity index (χ4v) is 9.33. The normalized spacial score (nSPS) is 10.7. The van der Waals surface area contributed by atoms with Crippen LogP contribution >= 0.6 is 34.8 Å². The summed E-state index contributed by atoms with van der Waals surface area (Å²) in [6, 6.07) is 32.0. The van der Waals surface area contributed by atoms with Crippen molar-refractivity contribution >= 4 is 80.1 Å². The maximum Gasteiger partial charge on any atom is 1.00 e. The molecule has 0 atom stereocenters. The molecule has 0 radical (unpaired) electrons. The molecule has 484 valence electrons. The fraction of sp³-hybridized carbons (Fsp3) is 0.233. The topological polar surface area (TPSA) is 349 Å². The molecule has 34 heteroatoms. The Morgan fingerprint density at radius 3 is 1.51 bits per heavy atom. The van der Waals surface area contributed by atoms with Crippen molar-refractivity contribution in [2.45, 2.75) is 78.7 Å². The molecular formula is C60H56Cl3F6N20NaO4. The monoisotopic (exact) mass is 1360 g/mol. The number of hydrogen-bond donors (Lipinski definition) is 4. The predicted octanol–water partition coefficient (Wildman–Crippen LogP) is 11.0. The molecule has 10 rings (SSSR count). The van der Waals surface area contributed by atoms with Gasteiger partial charge in [-0.25, -0.2) is 14.6 Å². The molecule has 4 aromatic carbocycles. The Morgan fingerprint density at radius 1 is 0.628 bits per heavy atom. The van der Waals surface area contributed by atoms with Gasteiger partial charge in [-0.2, -0.15) is 31.1 Å². The number of rotatable bonds is 15. The van der Waals surface area contributed by atoms with Gasteiger partial charge in [0.25, 0.3) is 11.8 Å². The van der Waals surface area contributed by atoms with Gasteiger partial charge in [0.05, 0.1) is 54.9 Å². The van der Waals surface area contributed by atoms with Crippen LogP contribution in [0.1, 0.15) is 88.3 Å². The number of benzene rings is 4. The number of aromatic nitrogens is 10. The number of nitrogen functional groups attached to an aromatic ring is 2. The van der Waals surface area contributed by atoms with E-state index in [1.807, 2.05) is 48.5 Å². The van der Waals surface area contributed by atoms with Gasteiger partial charge in [-0.3, -0.25) is 24.5 Å².